The zero-order chi connectivity index (χ0) is 19.5. The second kappa shape index (κ2) is 7.63. The Morgan fingerprint density at radius 3 is 2.42 bits per heavy atom. The van der Waals surface area contributed by atoms with Gasteiger partial charge in [0.15, 0.2) is 6.04 Å². The lowest BCUT2D eigenvalue weighted by Crippen LogP contribution is -2.60. The molecule has 0 aromatic heterocycles. The number of carbonyl (C=O) groups is 3. The summed E-state index contributed by atoms with van der Waals surface area (Å²) in [6.07, 6.45) is -0.691. The molecule has 8 nitrogen and oxygen atoms in total. The minimum atomic E-state index is -1.18. The third kappa shape index (κ3) is 4.87. The summed E-state index contributed by atoms with van der Waals surface area (Å²) in [5.74, 6) is -1.18. The van der Waals surface area contributed by atoms with Gasteiger partial charge in [-0.3, -0.25) is 4.90 Å². The molecule has 1 aliphatic rings. The van der Waals surface area contributed by atoms with Crippen LogP contribution in [0.3, 0.4) is 0 Å². The Balaban J connectivity index is 2.07. The molecule has 1 heterocycles. The minimum Gasteiger partial charge on any atom is -0.480 e. The van der Waals surface area contributed by atoms with Crippen LogP contribution in [0.1, 0.15) is 26.3 Å². The molecular weight excluding hydrogens is 338 g/mol. The highest BCUT2D eigenvalue weighted by atomic mass is 16.6. The lowest BCUT2D eigenvalue weighted by Gasteiger charge is -2.39. The van der Waals surface area contributed by atoms with E-state index in [-0.39, 0.29) is 19.6 Å². The van der Waals surface area contributed by atoms with Gasteiger partial charge in [0.1, 0.15) is 5.60 Å². The van der Waals surface area contributed by atoms with Gasteiger partial charge in [0.05, 0.1) is 6.54 Å². The van der Waals surface area contributed by atoms with Crippen LogP contribution in [0.5, 0.6) is 0 Å². The number of anilines is 1. The number of carbonyl (C=O) groups excluding carboxylic acids is 2. The molecule has 1 atom stereocenters. The maximum Gasteiger partial charge on any atom is 0.411 e. The van der Waals surface area contributed by atoms with Crippen LogP contribution in [0.2, 0.25) is 0 Å². The molecule has 0 radical (unpaired) electrons. The number of piperazine rings is 1. The molecule has 1 fully saturated rings. The maximum absolute atomic E-state index is 12.5. The van der Waals surface area contributed by atoms with E-state index in [0.717, 1.165) is 10.5 Å². The van der Waals surface area contributed by atoms with Gasteiger partial charge in [0.25, 0.3) is 0 Å². The molecule has 2 N–H and O–H groups in total. The summed E-state index contributed by atoms with van der Waals surface area (Å²) in [5, 5.41) is 12.3. The summed E-state index contributed by atoms with van der Waals surface area (Å²) < 4.78 is 5.27. The van der Waals surface area contributed by atoms with Crippen molar-refractivity contribution in [1.82, 2.24) is 9.80 Å². The molecule has 8 heteroatoms. The van der Waals surface area contributed by atoms with Gasteiger partial charge in [-0.15, -0.1) is 0 Å². The van der Waals surface area contributed by atoms with E-state index in [1.165, 1.54) is 4.90 Å². The highest BCUT2D eigenvalue weighted by molar-refractivity contribution is 5.91. The molecule has 1 unspecified atom stereocenters. The van der Waals surface area contributed by atoms with E-state index in [4.69, 9.17) is 4.74 Å². The van der Waals surface area contributed by atoms with E-state index in [9.17, 15) is 19.5 Å². The number of aliphatic carboxylic acids is 1. The average molecular weight is 363 g/mol. The van der Waals surface area contributed by atoms with Gasteiger partial charge in [-0.1, -0.05) is 18.2 Å². The number of amides is 3. The Hall–Kier alpha value is -2.77. The van der Waals surface area contributed by atoms with Gasteiger partial charge in [-0.2, -0.15) is 0 Å². The van der Waals surface area contributed by atoms with Crippen molar-refractivity contribution in [2.75, 3.05) is 25.0 Å². The summed E-state index contributed by atoms with van der Waals surface area (Å²) in [5.41, 5.74) is 0.849. The van der Waals surface area contributed by atoms with Crippen molar-refractivity contribution >= 4 is 23.8 Å². The van der Waals surface area contributed by atoms with Gasteiger partial charge in [-0.25, -0.2) is 14.4 Å². The van der Waals surface area contributed by atoms with Gasteiger partial charge in [0.2, 0.25) is 0 Å². The maximum atomic E-state index is 12.5. The van der Waals surface area contributed by atoms with E-state index in [0.29, 0.717) is 5.69 Å². The standard InChI is InChI=1S/C18H25N3O5/c1-12-7-5-6-8-13(12)19-16(24)20-9-10-21(14(11-20)15(22)23)17(25)26-18(2,3)4/h5-8,14H,9-11H2,1-4H3,(H,19,24)(H,22,23). The Labute approximate surface area is 152 Å². The number of aryl methyl sites for hydroxylation is 1. The summed E-state index contributed by atoms with van der Waals surface area (Å²) in [6.45, 7) is 7.22. The van der Waals surface area contributed by atoms with E-state index in [1.807, 2.05) is 25.1 Å². The molecule has 1 aromatic rings. The molecule has 1 aromatic carbocycles. The second-order valence-electron chi connectivity index (χ2n) is 7.22. The summed E-state index contributed by atoms with van der Waals surface area (Å²) in [6, 6.07) is 5.78. The van der Waals surface area contributed by atoms with Gasteiger partial charge in [-0.05, 0) is 39.3 Å². The number of hydrogen-bond acceptors (Lipinski definition) is 4. The number of rotatable bonds is 2. The fraction of sp³-hybridized carbons (Fsp3) is 0.500. The number of urea groups is 1. The summed E-state index contributed by atoms with van der Waals surface area (Å²) in [7, 11) is 0. The van der Waals surface area contributed by atoms with Crippen LogP contribution in [0, 0.1) is 6.92 Å². The zero-order valence-electron chi connectivity index (χ0n) is 15.5. The van der Waals surface area contributed by atoms with Crippen molar-refractivity contribution in [3.05, 3.63) is 29.8 Å². The number of nitrogens with one attached hydrogen (secondary N) is 1. The Bertz CT molecular complexity index is 698. The highest BCUT2D eigenvalue weighted by Crippen LogP contribution is 2.18. The van der Waals surface area contributed by atoms with Crippen LogP contribution in [-0.4, -0.2) is 64.3 Å². The molecule has 3 amide bonds. The van der Waals surface area contributed by atoms with Gasteiger partial charge < -0.3 is 20.1 Å². The third-order valence-electron chi connectivity index (χ3n) is 3.97. The molecule has 2 rings (SSSR count). The van der Waals surface area contributed by atoms with Crippen molar-refractivity contribution in [3.63, 3.8) is 0 Å². The van der Waals surface area contributed by atoms with E-state index < -0.39 is 29.7 Å². The fourth-order valence-corrected chi connectivity index (χ4v) is 2.63. The lowest BCUT2D eigenvalue weighted by molar-refractivity contribution is -0.144. The number of ether oxygens (including phenoxy) is 1. The summed E-state index contributed by atoms with van der Waals surface area (Å²) in [4.78, 5) is 38.9. The third-order valence-corrected chi connectivity index (χ3v) is 3.97. The SMILES string of the molecule is Cc1ccccc1NC(=O)N1CCN(C(=O)OC(C)(C)C)C(C(=O)O)C1. The van der Waals surface area contributed by atoms with Crippen molar-refractivity contribution in [2.45, 2.75) is 39.3 Å². The molecule has 1 saturated heterocycles. The minimum absolute atomic E-state index is 0.0903. The summed E-state index contributed by atoms with van der Waals surface area (Å²) >= 11 is 0. The predicted molar refractivity (Wildman–Crippen MR) is 96.1 cm³/mol. The van der Waals surface area contributed by atoms with Crippen LogP contribution < -0.4 is 5.32 Å². The molecule has 142 valence electrons. The normalized spacial score (nSPS) is 17.6. The molecule has 26 heavy (non-hydrogen) atoms. The Kier molecular flexibility index (Phi) is 5.74. The van der Waals surface area contributed by atoms with Crippen molar-refractivity contribution in [1.29, 1.82) is 0 Å². The highest BCUT2D eigenvalue weighted by Gasteiger charge is 2.39. The van der Waals surface area contributed by atoms with E-state index >= 15 is 0 Å². The Morgan fingerprint density at radius 2 is 1.85 bits per heavy atom. The number of carboxylic acid groups (broad SMARTS) is 1. The molecule has 0 saturated carbocycles. The van der Waals surface area contributed by atoms with E-state index in [2.05, 4.69) is 5.32 Å². The first kappa shape index (κ1) is 19.6. The van der Waals surface area contributed by atoms with E-state index in [1.54, 1.807) is 26.8 Å². The largest absolute Gasteiger partial charge is 0.480 e. The molecule has 0 spiro atoms. The monoisotopic (exact) mass is 363 g/mol. The van der Waals surface area contributed by atoms with Gasteiger partial charge >= 0.3 is 18.1 Å². The van der Waals surface area contributed by atoms with Crippen LogP contribution in [0.4, 0.5) is 15.3 Å². The van der Waals surface area contributed by atoms with Crippen LogP contribution in [-0.2, 0) is 9.53 Å². The number of benzene rings is 1. The van der Waals surface area contributed by atoms with Crippen molar-refractivity contribution in [2.24, 2.45) is 0 Å². The fourth-order valence-electron chi connectivity index (χ4n) is 2.63. The molecule has 0 aliphatic carbocycles. The molecule has 0 bridgehead atoms. The Morgan fingerprint density at radius 1 is 1.19 bits per heavy atom. The first-order valence-corrected chi connectivity index (χ1v) is 8.42. The number of para-hydroxylation sites is 1. The zero-order valence-corrected chi connectivity index (χ0v) is 15.5. The molecule has 1 aliphatic heterocycles. The second-order valence-corrected chi connectivity index (χ2v) is 7.22. The van der Waals surface area contributed by atoms with Crippen molar-refractivity contribution < 1.29 is 24.2 Å². The number of nitrogens with zero attached hydrogens (tertiary/aromatic N) is 2. The predicted octanol–water partition coefficient (Wildman–Crippen LogP) is 2.53. The van der Waals surface area contributed by atoms with Crippen LogP contribution >= 0.6 is 0 Å². The van der Waals surface area contributed by atoms with Crippen molar-refractivity contribution in [3.8, 4) is 0 Å². The smallest absolute Gasteiger partial charge is 0.411 e. The number of hydrogen-bond donors (Lipinski definition) is 2. The topological polar surface area (TPSA) is 99.2 Å². The quantitative estimate of drug-likeness (QED) is 0.841. The average Bonchev–Trinajstić information content (AvgIpc) is 2.54. The first-order valence-electron chi connectivity index (χ1n) is 8.42. The van der Waals surface area contributed by atoms with Crippen LogP contribution in [0.25, 0.3) is 0 Å². The first-order chi connectivity index (χ1) is 12.1. The number of carboxylic acids is 1. The van der Waals surface area contributed by atoms with Gasteiger partial charge in [0, 0.05) is 18.8 Å². The lowest BCUT2D eigenvalue weighted by atomic mass is 10.1. The van der Waals surface area contributed by atoms with Crippen LogP contribution in [0.15, 0.2) is 24.3 Å². The molecular formula is C18H25N3O5.